The fourth-order valence-corrected chi connectivity index (χ4v) is 6.14. The van der Waals surface area contributed by atoms with Crippen molar-refractivity contribution in [2.24, 2.45) is 17.8 Å². The lowest BCUT2D eigenvalue weighted by atomic mass is 9.79. The lowest BCUT2D eigenvalue weighted by molar-refractivity contribution is -0.274. The summed E-state index contributed by atoms with van der Waals surface area (Å²) >= 11 is 1.34. The van der Waals surface area contributed by atoms with E-state index in [0.717, 1.165) is 18.3 Å². The second kappa shape index (κ2) is 8.33. The molecule has 0 spiro atoms. The van der Waals surface area contributed by atoms with E-state index in [1.54, 1.807) is 11.6 Å². The van der Waals surface area contributed by atoms with Gasteiger partial charge in [0.1, 0.15) is 5.01 Å². The lowest BCUT2D eigenvalue weighted by Crippen LogP contribution is -2.19. The van der Waals surface area contributed by atoms with Gasteiger partial charge in [-0.3, -0.25) is 0 Å². The van der Waals surface area contributed by atoms with Crippen molar-refractivity contribution in [1.82, 2.24) is 9.97 Å². The summed E-state index contributed by atoms with van der Waals surface area (Å²) in [5, 5.41) is 12.6. The Bertz CT molecular complexity index is 1080. The molecular weight excluding hydrogens is 441 g/mol. The molecule has 2 aliphatic rings. The van der Waals surface area contributed by atoms with Gasteiger partial charge >= 0.3 is 6.36 Å². The summed E-state index contributed by atoms with van der Waals surface area (Å²) in [5.41, 5.74) is 0.700. The number of rotatable bonds is 6. The first kappa shape index (κ1) is 21.7. The summed E-state index contributed by atoms with van der Waals surface area (Å²) in [6.45, 7) is 1.40. The van der Waals surface area contributed by atoms with Gasteiger partial charge < -0.3 is 14.3 Å². The van der Waals surface area contributed by atoms with Gasteiger partial charge in [-0.1, -0.05) is 12.8 Å². The van der Waals surface area contributed by atoms with Gasteiger partial charge in [-0.15, -0.1) is 24.5 Å². The van der Waals surface area contributed by atoms with Crippen molar-refractivity contribution < 1.29 is 27.4 Å². The van der Waals surface area contributed by atoms with Crippen LogP contribution in [0.25, 0.3) is 21.7 Å². The van der Waals surface area contributed by atoms with Crippen LogP contribution in [0.5, 0.6) is 5.75 Å². The van der Waals surface area contributed by atoms with Crippen LogP contribution in [-0.2, 0) is 6.42 Å². The number of hydrogen-bond acceptors (Lipinski definition) is 6. The summed E-state index contributed by atoms with van der Waals surface area (Å²) in [6.07, 6.45) is 3.40. The van der Waals surface area contributed by atoms with Crippen molar-refractivity contribution in [3.05, 3.63) is 29.1 Å². The van der Waals surface area contributed by atoms with Gasteiger partial charge in [-0.05, 0) is 56.4 Å². The zero-order valence-electron chi connectivity index (χ0n) is 17.7. The average molecular weight is 467 g/mol. The number of benzene rings is 1. The van der Waals surface area contributed by atoms with Gasteiger partial charge in [-0.25, -0.2) is 9.97 Å². The topological polar surface area (TPSA) is 68.4 Å². The largest absolute Gasteiger partial charge is 0.573 e. The quantitative estimate of drug-likeness (QED) is 0.440. The Kier molecular flexibility index (Phi) is 5.65. The second-order valence-electron chi connectivity index (χ2n) is 9.11. The number of ether oxygens (including phenoxy) is 1. The van der Waals surface area contributed by atoms with Crippen LogP contribution >= 0.6 is 11.3 Å². The van der Waals surface area contributed by atoms with Crippen molar-refractivity contribution in [2.45, 2.75) is 64.3 Å². The van der Waals surface area contributed by atoms with Gasteiger partial charge in [0.25, 0.3) is 0 Å². The number of thiazole rings is 1. The molecule has 3 unspecified atom stereocenters. The number of hydrogen-bond donors (Lipinski definition) is 1. The number of oxazole rings is 1. The number of nitrogens with zero attached hydrogens (tertiary/aromatic N) is 2. The predicted octanol–water partition coefficient (Wildman–Crippen LogP) is 6.66. The van der Waals surface area contributed by atoms with Gasteiger partial charge in [0, 0.05) is 23.6 Å². The summed E-state index contributed by atoms with van der Waals surface area (Å²) in [6, 6.07) is 1.46. The Labute approximate surface area is 187 Å². The molecular formula is C23H25F3N2O3S. The number of fused-ring (bicyclic) bond motifs is 3. The fraction of sp³-hybridized carbons (Fsp3) is 0.565. The molecule has 9 heteroatoms. The predicted molar refractivity (Wildman–Crippen MR) is 114 cm³/mol. The molecule has 3 aromatic rings. The molecule has 0 amide bonds. The Morgan fingerprint density at radius 1 is 1.25 bits per heavy atom. The van der Waals surface area contributed by atoms with Crippen LogP contribution in [-0.4, -0.2) is 21.4 Å². The minimum atomic E-state index is -4.92. The standard InChI is InChI=1S/C23H25F3N2O3S/c1-12(29)16-11-17(22-27-6-7-32-22)20-19(21(16)31-23(24,25)26)28-18(30-20)5-4-15-9-13-2-3-14(8-13)10-15/h6-7,11-15,29H,2-5,8-10H2,1H3. The third-order valence-corrected chi connectivity index (χ3v) is 7.58. The molecule has 2 bridgehead atoms. The summed E-state index contributed by atoms with van der Waals surface area (Å²) < 4.78 is 49.9. The molecule has 2 saturated carbocycles. The fourth-order valence-electron chi connectivity index (χ4n) is 5.49. The van der Waals surface area contributed by atoms with E-state index < -0.39 is 18.2 Å². The maximum absolute atomic E-state index is 13.2. The monoisotopic (exact) mass is 466 g/mol. The Balaban J connectivity index is 1.52. The zero-order chi connectivity index (χ0) is 22.5. The van der Waals surface area contributed by atoms with Crippen molar-refractivity contribution in [3.8, 4) is 16.3 Å². The first-order valence-electron chi connectivity index (χ1n) is 11.1. The second-order valence-corrected chi connectivity index (χ2v) is 10.0. The molecule has 2 heterocycles. The van der Waals surface area contributed by atoms with E-state index in [4.69, 9.17) is 4.42 Å². The molecule has 0 radical (unpaired) electrons. The Morgan fingerprint density at radius 3 is 2.62 bits per heavy atom. The number of aliphatic hydroxyl groups is 1. The van der Waals surface area contributed by atoms with E-state index >= 15 is 0 Å². The summed E-state index contributed by atoms with van der Waals surface area (Å²) in [7, 11) is 0. The van der Waals surface area contributed by atoms with E-state index in [1.807, 2.05) is 0 Å². The van der Waals surface area contributed by atoms with E-state index in [0.29, 0.717) is 28.8 Å². The number of alkyl halides is 3. The maximum Gasteiger partial charge on any atom is 0.573 e. The normalized spacial score (nSPS) is 24.2. The van der Waals surface area contributed by atoms with E-state index in [2.05, 4.69) is 14.7 Å². The molecule has 5 rings (SSSR count). The molecule has 5 nitrogen and oxygen atoms in total. The number of aromatic nitrogens is 2. The van der Waals surface area contributed by atoms with Gasteiger partial charge in [0.05, 0.1) is 11.7 Å². The smallest absolute Gasteiger partial charge is 0.440 e. The first-order valence-corrected chi connectivity index (χ1v) is 11.9. The molecule has 1 aromatic carbocycles. The van der Waals surface area contributed by atoms with Crippen LogP contribution in [0.1, 0.15) is 63.0 Å². The highest BCUT2D eigenvalue weighted by atomic mass is 32.1. The molecule has 172 valence electrons. The van der Waals surface area contributed by atoms with Crippen LogP contribution in [0.4, 0.5) is 13.2 Å². The van der Waals surface area contributed by atoms with E-state index in [-0.39, 0.29) is 16.7 Å². The molecule has 2 fully saturated rings. The molecule has 32 heavy (non-hydrogen) atoms. The molecule has 0 saturated heterocycles. The highest BCUT2D eigenvalue weighted by Gasteiger charge is 2.36. The van der Waals surface area contributed by atoms with E-state index in [9.17, 15) is 18.3 Å². The third kappa shape index (κ3) is 4.37. The molecule has 3 atom stereocenters. The van der Waals surface area contributed by atoms with Gasteiger partial charge in [0.15, 0.2) is 22.7 Å². The minimum absolute atomic E-state index is 0.00345. The van der Waals surface area contributed by atoms with Crippen molar-refractivity contribution in [2.75, 3.05) is 0 Å². The zero-order valence-corrected chi connectivity index (χ0v) is 18.5. The van der Waals surface area contributed by atoms with Crippen molar-refractivity contribution >= 4 is 22.4 Å². The highest BCUT2D eigenvalue weighted by Crippen LogP contribution is 2.46. The maximum atomic E-state index is 13.2. The summed E-state index contributed by atoms with van der Waals surface area (Å²) in [4.78, 5) is 8.70. The summed E-state index contributed by atoms with van der Waals surface area (Å²) in [5.74, 6) is 2.13. The first-order chi connectivity index (χ1) is 15.3. The number of aliphatic hydroxyl groups excluding tert-OH is 1. The molecule has 2 aliphatic carbocycles. The molecule has 1 N–H and O–H groups in total. The van der Waals surface area contributed by atoms with Crippen molar-refractivity contribution in [3.63, 3.8) is 0 Å². The SMILES string of the molecule is CC(O)c1cc(-c2nccs2)c2oc(CCC3CC4CCC(C3)C4)nc2c1OC(F)(F)F. The van der Waals surface area contributed by atoms with Gasteiger partial charge in [0.2, 0.25) is 0 Å². The van der Waals surface area contributed by atoms with Crippen LogP contribution in [0.15, 0.2) is 22.1 Å². The van der Waals surface area contributed by atoms with Gasteiger partial charge in [-0.2, -0.15) is 0 Å². The average Bonchev–Trinajstić information content (AvgIpc) is 3.45. The van der Waals surface area contributed by atoms with Crippen LogP contribution in [0, 0.1) is 17.8 Å². The van der Waals surface area contributed by atoms with Crippen LogP contribution < -0.4 is 4.74 Å². The molecule has 2 aromatic heterocycles. The number of aryl methyl sites for hydroxylation is 1. The van der Waals surface area contributed by atoms with Crippen LogP contribution in [0.2, 0.25) is 0 Å². The third-order valence-electron chi connectivity index (χ3n) is 6.77. The lowest BCUT2D eigenvalue weighted by Gasteiger charge is -2.27. The number of halogens is 3. The Hall–Kier alpha value is -2.13. The van der Waals surface area contributed by atoms with Crippen molar-refractivity contribution in [1.29, 1.82) is 0 Å². The highest BCUT2D eigenvalue weighted by molar-refractivity contribution is 7.13. The minimum Gasteiger partial charge on any atom is -0.440 e. The van der Waals surface area contributed by atoms with Crippen LogP contribution in [0.3, 0.4) is 0 Å². The molecule has 0 aliphatic heterocycles. The van der Waals surface area contributed by atoms with E-state index in [1.165, 1.54) is 56.4 Å². The Morgan fingerprint density at radius 2 is 2.00 bits per heavy atom.